The molecule has 0 radical (unpaired) electrons. The van der Waals surface area contributed by atoms with Crippen LogP contribution in [0.3, 0.4) is 0 Å². The fourth-order valence-electron chi connectivity index (χ4n) is 3.71. The third-order valence-corrected chi connectivity index (χ3v) is 5.34. The van der Waals surface area contributed by atoms with Gasteiger partial charge in [-0.3, -0.25) is 5.10 Å². The molecular formula is C19H23N5O3. The molecule has 1 saturated carbocycles. The van der Waals surface area contributed by atoms with E-state index in [0.717, 1.165) is 49.0 Å². The zero-order valence-corrected chi connectivity index (χ0v) is 15.1. The first-order valence-corrected chi connectivity index (χ1v) is 9.61. The number of hydrogen-bond acceptors (Lipinski definition) is 5. The first-order valence-electron chi connectivity index (χ1n) is 9.61. The molecule has 1 aromatic carbocycles. The Labute approximate surface area is 157 Å². The molecule has 0 bridgehead atoms. The van der Waals surface area contributed by atoms with E-state index < -0.39 is 0 Å². The van der Waals surface area contributed by atoms with Gasteiger partial charge in [0.25, 0.3) is 0 Å². The number of anilines is 1. The largest absolute Gasteiger partial charge is 0.486 e. The lowest BCUT2D eigenvalue weighted by Gasteiger charge is -2.20. The lowest BCUT2D eigenvalue weighted by atomic mass is 10.1. The minimum atomic E-state index is -0.0783. The van der Waals surface area contributed by atoms with E-state index in [-0.39, 0.29) is 6.03 Å². The number of rotatable bonds is 4. The Kier molecular flexibility index (Phi) is 4.10. The topological polar surface area (TPSA) is 92.4 Å². The number of H-pyrrole nitrogens is 1. The number of nitrogens with zero attached hydrogens (tertiary/aromatic N) is 3. The van der Waals surface area contributed by atoms with Gasteiger partial charge in [0.1, 0.15) is 19.0 Å². The van der Waals surface area contributed by atoms with Gasteiger partial charge in [-0.15, -0.1) is 0 Å². The van der Waals surface area contributed by atoms with E-state index in [1.807, 2.05) is 23.1 Å². The van der Waals surface area contributed by atoms with Gasteiger partial charge < -0.3 is 19.7 Å². The van der Waals surface area contributed by atoms with Crippen LogP contribution in [0.15, 0.2) is 18.2 Å². The van der Waals surface area contributed by atoms with E-state index in [0.29, 0.717) is 30.8 Å². The maximum Gasteiger partial charge on any atom is 0.321 e. The van der Waals surface area contributed by atoms with Crippen molar-refractivity contribution in [1.29, 1.82) is 0 Å². The van der Waals surface area contributed by atoms with E-state index in [1.165, 1.54) is 12.8 Å². The third kappa shape index (κ3) is 3.56. The molecule has 1 aliphatic carbocycles. The van der Waals surface area contributed by atoms with Crippen molar-refractivity contribution in [2.45, 2.75) is 31.6 Å². The Morgan fingerprint density at radius 3 is 2.93 bits per heavy atom. The molecule has 2 N–H and O–H groups in total. The van der Waals surface area contributed by atoms with Crippen molar-refractivity contribution in [1.82, 2.24) is 20.1 Å². The van der Waals surface area contributed by atoms with Crippen LogP contribution in [0, 0.1) is 5.92 Å². The molecular weight excluding hydrogens is 346 g/mol. The fourth-order valence-corrected chi connectivity index (χ4v) is 3.71. The van der Waals surface area contributed by atoms with Crippen LogP contribution in [-0.2, 0) is 6.42 Å². The van der Waals surface area contributed by atoms with Crippen molar-refractivity contribution >= 4 is 11.7 Å². The molecule has 3 heterocycles. The molecule has 27 heavy (non-hydrogen) atoms. The molecule has 142 valence electrons. The van der Waals surface area contributed by atoms with Gasteiger partial charge in [-0.25, -0.2) is 9.78 Å². The molecule has 8 nitrogen and oxygen atoms in total. The highest BCUT2D eigenvalue weighted by Gasteiger charge is 2.30. The van der Waals surface area contributed by atoms with Crippen LogP contribution in [0.25, 0.3) is 0 Å². The molecule has 5 rings (SSSR count). The number of carbonyl (C=O) groups excluding carboxylic acids is 1. The van der Waals surface area contributed by atoms with E-state index in [2.05, 4.69) is 20.5 Å². The number of benzene rings is 1. The number of aromatic nitrogens is 3. The SMILES string of the molecule is O=C(Nc1ccc2c(c1)OCCO2)N1CCC(Cc2nc(C3CC3)n[nH]2)C1. The van der Waals surface area contributed by atoms with Crippen LogP contribution in [0.5, 0.6) is 11.5 Å². The van der Waals surface area contributed by atoms with Crippen LogP contribution in [-0.4, -0.2) is 52.4 Å². The Bertz CT molecular complexity index is 848. The van der Waals surface area contributed by atoms with Crippen molar-refractivity contribution in [2.24, 2.45) is 5.92 Å². The second-order valence-electron chi connectivity index (χ2n) is 7.51. The summed E-state index contributed by atoms with van der Waals surface area (Å²) in [6.07, 6.45) is 4.23. The molecule has 1 atom stereocenters. The Hall–Kier alpha value is -2.77. The van der Waals surface area contributed by atoms with E-state index >= 15 is 0 Å². The molecule has 1 unspecified atom stereocenters. The predicted octanol–water partition coefficient (Wildman–Crippen LogP) is 2.55. The molecule has 2 aromatic rings. The number of carbonyl (C=O) groups is 1. The third-order valence-electron chi connectivity index (χ3n) is 5.34. The smallest absolute Gasteiger partial charge is 0.321 e. The number of aromatic amines is 1. The van der Waals surface area contributed by atoms with Gasteiger partial charge in [0, 0.05) is 37.2 Å². The van der Waals surface area contributed by atoms with Crippen molar-refractivity contribution in [2.75, 3.05) is 31.6 Å². The van der Waals surface area contributed by atoms with Gasteiger partial charge >= 0.3 is 6.03 Å². The predicted molar refractivity (Wildman–Crippen MR) is 98.2 cm³/mol. The number of nitrogens with one attached hydrogen (secondary N) is 2. The van der Waals surface area contributed by atoms with E-state index in [4.69, 9.17) is 9.47 Å². The molecule has 0 spiro atoms. The number of fused-ring (bicyclic) bond motifs is 1. The second kappa shape index (κ2) is 6.75. The summed E-state index contributed by atoms with van der Waals surface area (Å²) in [5.74, 6) is 4.27. The lowest BCUT2D eigenvalue weighted by Crippen LogP contribution is -2.33. The maximum absolute atomic E-state index is 12.6. The summed E-state index contributed by atoms with van der Waals surface area (Å²) in [5.41, 5.74) is 0.719. The van der Waals surface area contributed by atoms with Crippen molar-refractivity contribution in [3.63, 3.8) is 0 Å². The van der Waals surface area contributed by atoms with Gasteiger partial charge in [0.15, 0.2) is 17.3 Å². The van der Waals surface area contributed by atoms with E-state index in [1.54, 1.807) is 0 Å². The van der Waals surface area contributed by atoms with Crippen LogP contribution >= 0.6 is 0 Å². The highest BCUT2D eigenvalue weighted by molar-refractivity contribution is 5.90. The average molecular weight is 369 g/mol. The molecule has 2 fully saturated rings. The monoisotopic (exact) mass is 369 g/mol. The van der Waals surface area contributed by atoms with Gasteiger partial charge in [-0.05, 0) is 37.3 Å². The number of ether oxygens (including phenoxy) is 2. The first-order chi connectivity index (χ1) is 13.2. The van der Waals surface area contributed by atoms with Crippen molar-refractivity contribution in [3.05, 3.63) is 29.8 Å². The maximum atomic E-state index is 12.6. The molecule has 1 saturated heterocycles. The molecule has 2 aliphatic heterocycles. The highest BCUT2D eigenvalue weighted by atomic mass is 16.6. The van der Waals surface area contributed by atoms with E-state index in [9.17, 15) is 4.79 Å². The number of urea groups is 1. The lowest BCUT2D eigenvalue weighted by molar-refractivity contribution is 0.171. The summed E-state index contributed by atoms with van der Waals surface area (Å²) in [5, 5.41) is 10.3. The van der Waals surface area contributed by atoms with Gasteiger partial charge in [0.05, 0.1) is 0 Å². The molecule has 1 aromatic heterocycles. The normalized spacial score (nSPS) is 21.3. The number of likely N-dealkylation sites (tertiary alicyclic amines) is 1. The quantitative estimate of drug-likeness (QED) is 0.864. The molecule has 2 amide bonds. The van der Waals surface area contributed by atoms with Crippen LogP contribution in [0.2, 0.25) is 0 Å². The number of amides is 2. The van der Waals surface area contributed by atoms with Gasteiger partial charge in [0.2, 0.25) is 0 Å². The summed E-state index contributed by atoms with van der Waals surface area (Å²) >= 11 is 0. The molecule has 3 aliphatic rings. The Morgan fingerprint density at radius 1 is 1.22 bits per heavy atom. The first kappa shape index (κ1) is 16.4. The zero-order chi connectivity index (χ0) is 18.2. The minimum Gasteiger partial charge on any atom is -0.486 e. The summed E-state index contributed by atoms with van der Waals surface area (Å²) in [4.78, 5) is 19.1. The standard InChI is InChI=1S/C19H23N5O3/c25-19(20-14-3-4-15-16(10-14)27-8-7-26-15)24-6-5-12(11-24)9-17-21-18(23-22-17)13-1-2-13/h3-4,10,12-13H,1-2,5-9,11H2,(H,20,25)(H,21,22,23). The number of hydrogen-bond donors (Lipinski definition) is 2. The minimum absolute atomic E-state index is 0.0783. The van der Waals surface area contributed by atoms with Gasteiger partial charge in [-0.1, -0.05) is 0 Å². The molecule has 8 heteroatoms. The van der Waals surface area contributed by atoms with Crippen molar-refractivity contribution in [3.8, 4) is 11.5 Å². The fraction of sp³-hybridized carbons (Fsp3) is 0.526. The summed E-state index contributed by atoms with van der Waals surface area (Å²) in [6, 6.07) is 5.41. The Morgan fingerprint density at radius 2 is 2.07 bits per heavy atom. The van der Waals surface area contributed by atoms with Gasteiger partial charge in [-0.2, -0.15) is 5.10 Å². The van der Waals surface area contributed by atoms with Crippen LogP contribution in [0.4, 0.5) is 10.5 Å². The average Bonchev–Trinajstić information content (AvgIpc) is 3.25. The highest BCUT2D eigenvalue weighted by Crippen LogP contribution is 2.38. The van der Waals surface area contributed by atoms with Crippen molar-refractivity contribution < 1.29 is 14.3 Å². The van der Waals surface area contributed by atoms with Crippen LogP contribution in [0.1, 0.15) is 36.8 Å². The summed E-state index contributed by atoms with van der Waals surface area (Å²) < 4.78 is 11.1. The summed E-state index contributed by atoms with van der Waals surface area (Å²) in [7, 11) is 0. The summed E-state index contributed by atoms with van der Waals surface area (Å²) in [6.45, 7) is 2.57. The zero-order valence-electron chi connectivity index (χ0n) is 15.1. The second-order valence-corrected chi connectivity index (χ2v) is 7.51. The Balaban J connectivity index is 1.16. The van der Waals surface area contributed by atoms with Crippen LogP contribution < -0.4 is 14.8 Å².